The van der Waals surface area contributed by atoms with Crippen LogP contribution in [0.15, 0.2) is 0 Å². The Labute approximate surface area is 100 Å². The molecule has 0 aliphatic carbocycles. The van der Waals surface area contributed by atoms with E-state index in [0.29, 0.717) is 12.1 Å². The molecule has 1 saturated heterocycles. The van der Waals surface area contributed by atoms with Crippen molar-refractivity contribution >= 4 is 0 Å². The van der Waals surface area contributed by atoms with Crippen molar-refractivity contribution < 1.29 is 4.74 Å². The minimum atomic E-state index is 0.387. The van der Waals surface area contributed by atoms with E-state index in [1.165, 1.54) is 25.8 Å². The molecule has 0 spiro atoms. The van der Waals surface area contributed by atoms with Crippen LogP contribution in [0.1, 0.15) is 46.0 Å². The second kappa shape index (κ2) is 8.04. The van der Waals surface area contributed by atoms with Crippen LogP contribution in [-0.2, 0) is 4.74 Å². The highest BCUT2D eigenvalue weighted by atomic mass is 16.5. The van der Waals surface area contributed by atoms with Crippen LogP contribution < -0.4 is 5.73 Å². The summed E-state index contributed by atoms with van der Waals surface area (Å²) in [5, 5.41) is 0. The predicted octanol–water partition coefficient (Wildman–Crippen LogP) is 2.00. The normalized spacial score (nSPS) is 24.6. The van der Waals surface area contributed by atoms with Crippen molar-refractivity contribution in [2.45, 2.75) is 58.1 Å². The van der Waals surface area contributed by atoms with Crippen LogP contribution in [-0.4, -0.2) is 43.3 Å². The molecule has 0 aromatic carbocycles. The fraction of sp³-hybridized carbons (Fsp3) is 1.00. The molecule has 0 aromatic rings. The molecule has 0 bridgehead atoms. The molecule has 1 rings (SSSR count). The largest absolute Gasteiger partial charge is 0.377 e. The maximum atomic E-state index is 6.04. The maximum Gasteiger partial charge on any atom is 0.0702 e. The molecule has 3 nitrogen and oxygen atoms in total. The molecule has 2 N–H and O–H groups in total. The highest BCUT2D eigenvalue weighted by Gasteiger charge is 2.19. The van der Waals surface area contributed by atoms with Gasteiger partial charge in [0.15, 0.2) is 0 Å². The molecule has 3 heteroatoms. The Balaban J connectivity index is 2.16. The summed E-state index contributed by atoms with van der Waals surface area (Å²) in [7, 11) is 0. The molecular weight excluding hydrogens is 200 g/mol. The first-order chi connectivity index (χ1) is 7.76. The zero-order valence-electron chi connectivity index (χ0n) is 11.0. The Bertz CT molecular complexity index is 173. The molecule has 1 aliphatic rings. The molecule has 0 radical (unpaired) electrons. The highest BCUT2D eigenvalue weighted by Crippen LogP contribution is 2.14. The Kier molecular flexibility index (Phi) is 7.01. The summed E-state index contributed by atoms with van der Waals surface area (Å²) < 4.78 is 5.69. The van der Waals surface area contributed by atoms with E-state index >= 15 is 0 Å². The summed E-state index contributed by atoms with van der Waals surface area (Å²) >= 11 is 0. The molecule has 16 heavy (non-hydrogen) atoms. The standard InChI is InChI=1S/C13H28N2O/c1-3-6-12(14)8-10-15-9-5-7-13(11-15)16-4-2/h12-13H,3-11,14H2,1-2H3. The van der Waals surface area contributed by atoms with E-state index in [0.717, 1.165) is 32.5 Å². The van der Waals surface area contributed by atoms with Gasteiger partial charge in [-0.3, -0.25) is 0 Å². The minimum Gasteiger partial charge on any atom is -0.377 e. The summed E-state index contributed by atoms with van der Waals surface area (Å²) in [6, 6.07) is 0.387. The van der Waals surface area contributed by atoms with Gasteiger partial charge in [-0.1, -0.05) is 13.3 Å². The summed E-state index contributed by atoms with van der Waals surface area (Å²) in [5.74, 6) is 0. The first-order valence-corrected chi connectivity index (χ1v) is 6.85. The van der Waals surface area contributed by atoms with Gasteiger partial charge in [0.25, 0.3) is 0 Å². The molecule has 0 aromatic heterocycles. The van der Waals surface area contributed by atoms with Crippen molar-refractivity contribution in [1.82, 2.24) is 4.90 Å². The average molecular weight is 228 g/mol. The second-order valence-corrected chi connectivity index (χ2v) is 4.86. The number of nitrogens with two attached hydrogens (primary N) is 1. The lowest BCUT2D eigenvalue weighted by Gasteiger charge is -2.33. The lowest BCUT2D eigenvalue weighted by Crippen LogP contribution is -2.41. The fourth-order valence-corrected chi connectivity index (χ4v) is 2.45. The number of nitrogens with zero attached hydrogens (tertiary/aromatic N) is 1. The number of ether oxygens (including phenoxy) is 1. The van der Waals surface area contributed by atoms with Gasteiger partial charge < -0.3 is 15.4 Å². The molecular formula is C13H28N2O. The third-order valence-corrected chi connectivity index (χ3v) is 3.34. The molecule has 1 heterocycles. The van der Waals surface area contributed by atoms with Gasteiger partial charge in [-0.05, 0) is 45.7 Å². The number of hydrogen-bond donors (Lipinski definition) is 1. The Morgan fingerprint density at radius 3 is 2.88 bits per heavy atom. The first-order valence-electron chi connectivity index (χ1n) is 6.85. The van der Waals surface area contributed by atoms with Gasteiger partial charge >= 0.3 is 0 Å². The van der Waals surface area contributed by atoms with Crippen LogP contribution in [0.5, 0.6) is 0 Å². The van der Waals surface area contributed by atoms with E-state index in [9.17, 15) is 0 Å². The van der Waals surface area contributed by atoms with E-state index in [-0.39, 0.29) is 0 Å². The summed E-state index contributed by atoms with van der Waals surface area (Å²) in [5.41, 5.74) is 6.04. The monoisotopic (exact) mass is 228 g/mol. The van der Waals surface area contributed by atoms with Crippen LogP contribution >= 0.6 is 0 Å². The smallest absolute Gasteiger partial charge is 0.0702 e. The van der Waals surface area contributed by atoms with Crippen LogP contribution in [0.25, 0.3) is 0 Å². The summed E-state index contributed by atoms with van der Waals surface area (Å²) in [4.78, 5) is 2.51. The molecule has 0 amide bonds. The van der Waals surface area contributed by atoms with Crippen molar-refractivity contribution in [1.29, 1.82) is 0 Å². The van der Waals surface area contributed by atoms with Gasteiger partial charge in [0, 0.05) is 19.2 Å². The maximum absolute atomic E-state index is 6.04. The fourth-order valence-electron chi connectivity index (χ4n) is 2.45. The molecule has 2 unspecified atom stereocenters. The lowest BCUT2D eigenvalue weighted by molar-refractivity contribution is 0.00526. The SMILES string of the molecule is CCCC(N)CCN1CCCC(OCC)C1. The molecule has 0 saturated carbocycles. The van der Waals surface area contributed by atoms with E-state index < -0.39 is 0 Å². The third-order valence-electron chi connectivity index (χ3n) is 3.34. The van der Waals surface area contributed by atoms with Gasteiger partial charge in [-0.15, -0.1) is 0 Å². The minimum absolute atomic E-state index is 0.387. The second-order valence-electron chi connectivity index (χ2n) is 4.86. The van der Waals surface area contributed by atoms with Crippen LogP contribution in [0.4, 0.5) is 0 Å². The van der Waals surface area contributed by atoms with Gasteiger partial charge in [-0.2, -0.15) is 0 Å². The van der Waals surface area contributed by atoms with Crippen LogP contribution in [0, 0.1) is 0 Å². The zero-order chi connectivity index (χ0) is 11.8. The molecule has 1 fully saturated rings. The van der Waals surface area contributed by atoms with Gasteiger partial charge in [0.05, 0.1) is 6.10 Å². The zero-order valence-corrected chi connectivity index (χ0v) is 11.0. The van der Waals surface area contributed by atoms with Crippen LogP contribution in [0.2, 0.25) is 0 Å². The summed E-state index contributed by atoms with van der Waals surface area (Å²) in [6.07, 6.45) is 6.44. The van der Waals surface area contributed by atoms with Crippen molar-refractivity contribution in [2.75, 3.05) is 26.2 Å². The Morgan fingerprint density at radius 1 is 1.38 bits per heavy atom. The number of piperidine rings is 1. The van der Waals surface area contributed by atoms with E-state index in [1.807, 2.05) is 0 Å². The van der Waals surface area contributed by atoms with Gasteiger partial charge in [0.2, 0.25) is 0 Å². The number of rotatable bonds is 7. The predicted molar refractivity (Wildman–Crippen MR) is 68.6 cm³/mol. The van der Waals surface area contributed by atoms with E-state index in [1.54, 1.807) is 0 Å². The van der Waals surface area contributed by atoms with E-state index in [4.69, 9.17) is 10.5 Å². The number of hydrogen-bond acceptors (Lipinski definition) is 3. The first kappa shape index (κ1) is 13.9. The quantitative estimate of drug-likeness (QED) is 0.724. The Hall–Kier alpha value is -0.120. The molecule has 96 valence electrons. The lowest BCUT2D eigenvalue weighted by atomic mass is 10.1. The van der Waals surface area contributed by atoms with Crippen molar-refractivity contribution in [2.24, 2.45) is 5.73 Å². The topological polar surface area (TPSA) is 38.5 Å². The Morgan fingerprint density at radius 2 is 2.19 bits per heavy atom. The molecule has 1 aliphatic heterocycles. The highest BCUT2D eigenvalue weighted by molar-refractivity contribution is 4.74. The van der Waals surface area contributed by atoms with Gasteiger partial charge in [-0.25, -0.2) is 0 Å². The van der Waals surface area contributed by atoms with Crippen molar-refractivity contribution in [3.63, 3.8) is 0 Å². The molecule has 2 atom stereocenters. The van der Waals surface area contributed by atoms with Crippen molar-refractivity contribution in [3.8, 4) is 0 Å². The summed E-state index contributed by atoms with van der Waals surface area (Å²) in [6.45, 7) is 8.59. The van der Waals surface area contributed by atoms with E-state index in [2.05, 4.69) is 18.7 Å². The average Bonchev–Trinajstić information content (AvgIpc) is 2.28. The number of likely N-dealkylation sites (tertiary alicyclic amines) is 1. The van der Waals surface area contributed by atoms with Crippen LogP contribution in [0.3, 0.4) is 0 Å². The van der Waals surface area contributed by atoms with Gasteiger partial charge in [0.1, 0.15) is 0 Å². The third kappa shape index (κ3) is 5.28. The van der Waals surface area contributed by atoms with Crippen molar-refractivity contribution in [3.05, 3.63) is 0 Å².